The Balaban J connectivity index is 1.54. The van der Waals surface area contributed by atoms with Crippen LogP contribution in [-0.4, -0.2) is 23.7 Å². The molecule has 4 heterocycles. The van der Waals surface area contributed by atoms with Crippen molar-refractivity contribution >= 4 is 5.97 Å². The molecule has 0 amide bonds. The second kappa shape index (κ2) is 4.55. The Bertz CT molecular complexity index is 818. The number of rotatable bonds is 2. The Labute approximate surface area is 133 Å². The van der Waals surface area contributed by atoms with Crippen LogP contribution >= 0.6 is 0 Å². The van der Waals surface area contributed by atoms with Gasteiger partial charge in [-0.2, -0.15) is 0 Å². The maximum Gasteiger partial charge on any atom is 0.339 e. The zero-order chi connectivity index (χ0) is 15.6. The molecular weight excluding hydrogens is 294 g/mol. The fourth-order valence-corrected chi connectivity index (χ4v) is 3.93. The van der Waals surface area contributed by atoms with Gasteiger partial charge in [0.25, 0.3) is 0 Å². The van der Waals surface area contributed by atoms with Gasteiger partial charge in [0.05, 0.1) is 29.9 Å². The van der Waals surface area contributed by atoms with Crippen molar-refractivity contribution in [1.82, 2.24) is 4.98 Å². The minimum atomic E-state index is -0.369. The predicted molar refractivity (Wildman–Crippen MR) is 80.4 cm³/mol. The second-order valence-electron chi connectivity index (χ2n) is 6.04. The van der Waals surface area contributed by atoms with Gasteiger partial charge in [-0.05, 0) is 24.1 Å². The summed E-state index contributed by atoms with van der Waals surface area (Å²) in [4.78, 5) is 16.4. The molecule has 0 spiro atoms. The second-order valence-corrected chi connectivity index (χ2v) is 6.04. The van der Waals surface area contributed by atoms with Gasteiger partial charge < -0.3 is 14.2 Å². The van der Waals surface area contributed by atoms with E-state index in [1.807, 2.05) is 12.1 Å². The average Bonchev–Trinajstić information content (AvgIpc) is 3.23. The maximum atomic E-state index is 11.9. The van der Waals surface area contributed by atoms with Gasteiger partial charge in [0.2, 0.25) is 0 Å². The lowest BCUT2D eigenvalue weighted by molar-refractivity contribution is 0.0362. The molecule has 116 valence electrons. The molecular formula is C18H15NO4. The highest BCUT2D eigenvalue weighted by molar-refractivity contribution is 5.89. The van der Waals surface area contributed by atoms with Crippen LogP contribution in [0.4, 0.5) is 0 Å². The van der Waals surface area contributed by atoms with E-state index in [2.05, 4.69) is 17.1 Å². The van der Waals surface area contributed by atoms with Crippen molar-refractivity contribution in [3.8, 4) is 5.75 Å². The Morgan fingerprint density at radius 3 is 2.83 bits per heavy atom. The lowest BCUT2D eigenvalue weighted by atomic mass is 9.81. The van der Waals surface area contributed by atoms with Crippen molar-refractivity contribution in [3.05, 3.63) is 58.9 Å². The fraction of sp³-hybridized carbons (Fsp3) is 0.333. The minimum Gasteiger partial charge on any atom is -0.485 e. The van der Waals surface area contributed by atoms with Gasteiger partial charge in [0.1, 0.15) is 18.0 Å². The fourth-order valence-electron chi connectivity index (χ4n) is 3.93. The molecule has 0 saturated carbocycles. The first-order valence-electron chi connectivity index (χ1n) is 7.86. The van der Waals surface area contributed by atoms with Gasteiger partial charge in [0.15, 0.2) is 0 Å². The number of pyridine rings is 1. The van der Waals surface area contributed by atoms with Gasteiger partial charge in [-0.15, -0.1) is 0 Å². The van der Waals surface area contributed by atoms with Crippen LogP contribution in [-0.2, 0) is 9.47 Å². The number of benzene rings is 1. The van der Waals surface area contributed by atoms with Crippen LogP contribution in [0.1, 0.15) is 52.2 Å². The molecule has 1 aromatic carbocycles. The van der Waals surface area contributed by atoms with Crippen molar-refractivity contribution in [2.45, 2.75) is 31.2 Å². The summed E-state index contributed by atoms with van der Waals surface area (Å²) in [5.74, 6) is 0.406. The van der Waals surface area contributed by atoms with Gasteiger partial charge >= 0.3 is 5.97 Å². The normalized spacial score (nSPS) is 28.7. The number of carbonyl (C=O) groups is 1. The van der Waals surface area contributed by atoms with Crippen LogP contribution in [0.15, 0.2) is 36.5 Å². The summed E-state index contributed by atoms with van der Waals surface area (Å²) in [6, 6.07) is 10.0. The van der Waals surface area contributed by atoms with Crippen molar-refractivity contribution in [3.63, 3.8) is 0 Å². The van der Waals surface area contributed by atoms with Crippen LogP contribution in [0.3, 0.4) is 0 Å². The highest BCUT2D eigenvalue weighted by Gasteiger charge is 2.58. The third-order valence-electron chi connectivity index (χ3n) is 4.85. The molecule has 1 aromatic heterocycles. The highest BCUT2D eigenvalue weighted by Crippen LogP contribution is 2.62. The largest absolute Gasteiger partial charge is 0.485 e. The summed E-state index contributed by atoms with van der Waals surface area (Å²) in [7, 11) is 0. The highest BCUT2D eigenvalue weighted by atomic mass is 16.6. The van der Waals surface area contributed by atoms with E-state index < -0.39 is 0 Å². The van der Waals surface area contributed by atoms with E-state index in [0.29, 0.717) is 17.9 Å². The third kappa shape index (κ3) is 1.65. The zero-order valence-electron chi connectivity index (χ0n) is 12.6. The van der Waals surface area contributed by atoms with Crippen LogP contribution in [0.2, 0.25) is 0 Å². The first-order valence-corrected chi connectivity index (χ1v) is 7.86. The van der Waals surface area contributed by atoms with E-state index in [1.54, 1.807) is 19.2 Å². The van der Waals surface area contributed by atoms with Crippen LogP contribution in [0.25, 0.3) is 0 Å². The number of hydrogen-bond donors (Lipinski definition) is 0. The Kier molecular flexibility index (Phi) is 2.59. The van der Waals surface area contributed by atoms with E-state index in [4.69, 9.17) is 14.2 Å². The zero-order valence-corrected chi connectivity index (χ0v) is 12.6. The molecule has 3 aliphatic rings. The number of carbonyl (C=O) groups excluding carboxylic acids is 1. The van der Waals surface area contributed by atoms with Crippen LogP contribution in [0, 0.1) is 0 Å². The molecule has 5 heteroatoms. The summed E-state index contributed by atoms with van der Waals surface area (Å²) < 4.78 is 17.2. The van der Waals surface area contributed by atoms with Crippen molar-refractivity contribution < 1.29 is 19.0 Å². The molecule has 2 aromatic rings. The summed E-state index contributed by atoms with van der Waals surface area (Å²) in [6.07, 6.45) is 1.44. The number of nitrogens with zero attached hydrogens (tertiary/aromatic N) is 1. The van der Waals surface area contributed by atoms with Crippen molar-refractivity contribution in [1.29, 1.82) is 0 Å². The number of esters is 1. The number of hydrogen-bond acceptors (Lipinski definition) is 5. The summed E-state index contributed by atoms with van der Waals surface area (Å²) in [5.41, 5.74) is 3.74. The van der Waals surface area contributed by atoms with Crippen LogP contribution < -0.4 is 4.74 Å². The smallest absolute Gasteiger partial charge is 0.339 e. The molecule has 0 aliphatic carbocycles. The first kappa shape index (κ1) is 13.1. The van der Waals surface area contributed by atoms with Gasteiger partial charge in [-0.25, -0.2) is 4.79 Å². The Hall–Kier alpha value is -2.40. The first-order chi connectivity index (χ1) is 11.3. The van der Waals surface area contributed by atoms with E-state index in [0.717, 1.165) is 5.69 Å². The minimum absolute atomic E-state index is 0.0107. The molecule has 0 radical (unpaired) electrons. The van der Waals surface area contributed by atoms with E-state index >= 15 is 0 Å². The lowest BCUT2D eigenvalue weighted by Gasteiger charge is -2.22. The topological polar surface area (TPSA) is 57.7 Å². The number of ether oxygens (including phenoxy) is 3. The predicted octanol–water partition coefficient (Wildman–Crippen LogP) is 2.93. The molecule has 2 bridgehead atoms. The van der Waals surface area contributed by atoms with Gasteiger partial charge in [-0.1, -0.05) is 24.3 Å². The quantitative estimate of drug-likeness (QED) is 0.798. The molecule has 5 nitrogen and oxygen atoms in total. The standard InChI is InChI=1S/C18H15NO4/c1-2-21-18(20)9-7-12-14(19-8-9)13-15-10-5-3-4-6-11(10)16(23-15)17(13)22-12/h3-8,13,15-17H,2H2,1H3. The molecule has 3 aliphatic heterocycles. The molecule has 4 unspecified atom stereocenters. The average molecular weight is 309 g/mol. The monoisotopic (exact) mass is 309 g/mol. The molecule has 1 fully saturated rings. The van der Waals surface area contributed by atoms with Crippen molar-refractivity contribution in [2.24, 2.45) is 0 Å². The van der Waals surface area contributed by atoms with Crippen molar-refractivity contribution in [2.75, 3.05) is 6.61 Å². The van der Waals surface area contributed by atoms with E-state index in [1.165, 1.54) is 11.1 Å². The summed E-state index contributed by atoms with van der Waals surface area (Å²) in [5, 5.41) is 0. The Morgan fingerprint density at radius 1 is 1.26 bits per heavy atom. The molecule has 23 heavy (non-hydrogen) atoms. The molecule has 5 rings (SSSR count). The van der Waals surface area contributed by atoms with Gasteiger partial charge in [-0.3, -0.25) is 4.98 Å². The van der Waals surface area contributed by atoms with E-state index in [9.17, 15) is 4.79 Å². The molecule has 4 atom stereocenters. The SMILES string of the molecule is CCOC(=O)c1cnc2c(c1)OC1C3OC(c4ccccc43)C21. The summed E-state index contributed by atoms with van der Waals surface area (Å²) in [6.45, 7) is 2.13. The lowest BCUT2D eigenvalue weighted by Crippen LogP contribution is -2.25. The van der Waals surface area contributed by atoms with E-state index in [-0.39, 0.29) is 30.2 Å². The number of aromatic nitrogens is 1. The van der Waals surface area contributed by atoms with Crippen LogP contribution in [0.5, 0.6) is 5.75 Å². The Morgan fingerprint density at radius 2 is 2.04 bits per heavy atom. The third-order valence-corrected chi connectivity index (χ3v) is 4.85. The molecule has 1 saturated heterocycles. The molecule has 0 N–H and O–H groups in total. The maximum absolute atomic E-state index is 11.9. The van der Waals surface area contributed by atoms with Gasteiger partial charge in [0, 0.05) is 6.20 Å². The number of fused-ring (bicyclic) bond motifs is 10. The summed E-state index contributed by atoms with van der Waals surface area (Å²) >= 11 is 0.